The van der Waals surface area contributed by atoms with Gasteiger partial charge in [0.2, 0.25) is 0 Å². The number of hydrogen-bond donors (Lipinski definition) is 1. The van der Waals surface area contributed by atoms with Crippen LogP contribution in [0.15, 0.2) is 65.6 Å². The molecule has 7 nitrogen and oxygen atoms in total. The summed E-state index contributed by atoms with van der Waals surface area (Å²) in [5.41, 5.74) is 3.95. The first kappa shape index (κ1) is 22.7. The molecule has 0 saturated heterocycles. The molecule has 1 N–H and O–H groups in total. The molecule has 0 aromatic heterocycles. The Morgan fingerprint density at radius 1 is 1.06 bits per heavy atom. The molecule has 1 aliphatic rings. The van der Waals surface area contributed by atoms with E-state index in [1.165, 1.54) is 23.5 Å². The van der Waals surface area contributed by atoms with Crippen molar-refractivity contribution in [1.29, 1.82) is 0 Å². The molecule has 172 valence electrons. The molecule has 1 heterocycles. The van der Waals surface area contributed by atoms with Crippen molar-refractivity contribution in [2.75, 3.05) is 23.3 Å². The number of nitrogens with zero attached hydrogens (tertiary/aromatic N) is 1. The van der Waals surface area contributed by atoms with Crippen LogP contribution in [0.4, 0.5) is 11.4 Å². The Balaban J connectivity index is 1.70. The van der Waals surface area contributed by atoms with Gasteiger partial charge in [-0.15, -0.1) is 0 Å². The van der Waals surface area contributed by atoms with Gasteiger partial charge < -0.3 is 14.8 Å². The van der Waals surface area contributed by atoms with E-state index in [2.05, 4.69) is 5.32 Å². The van der Waals surface area contributed by atoms with E-state index >= 15 is 0 Å². The number of ether oxygens (including phenoxy) is 2. The fourth-order valence-corrected chi connectivity index (χ4v) is 5.18. The van der Waals surface area contributed by atoms with Crippen LogP contribution in [0.5, 0.6) is 11.5 Å². The van der Waals surface area contributed by atoms with Crippen molar-refractivity contribution in [2.45, 2.75) is 31.8 Å². The summed E-state index contributed by atoms with van der Waals surface area (Å²) in [4.78, 5) is 13.2. The lowest BCUT2D eigenvalue weighted by atomic mass is 10.1. The molecule has 0 unspecified atom stereocenters. The van der Waals surface area contributed by atoms with Gasteiger partial charge in [0.05, 0.1) is 24.2 Å². The average Bonchev–Trinajstić information content (AvgIpc) is 2.81. The van der Waals surface area contributed by atoms with Crippen molar-refractivity contribution in [2.24, 2.45) is 0 Å². The molecule has 0 radical (unpaired) electrons. The number of nitrogens with one attached hydrogen (secondary N) is 1. The summed E-state index contributed by atoms with van der Waals surface area (Å²) in [5.74, 6) is 0.489. The van der Waals surface area contributed by atoms with Gasteiger partial charge in [-0.05, 0) is 79.9 Å². The molecule has 33 heavy (non-hydrogen) atoms. The minimum atomic E-state index is -3.95. The zero-order valence-corrected chi connectivity index (χ0v) is 19.8. The monoisotopic (exact) mass is 466 g/mol. The lowest BCUT2D eigenvalue weighted by molar-refractivity contribution is -0.122. The third kappa shape index (κ3) is 4.39. The average molecular weight is 467 g/mol. The lowest BCUT2D eigenvalue weighted by Gasteiger charge is -2.35. The van der Waals surface area contributed by atoms with E-state index in [0.717, 1.165) is 16.7 Å². The first-order valence-electron chi connectivity index (χ1n) is 10.5. The number of aryl methyl sites for hydroxylation is 2. The SMILES string of the molecule is COc1ccc(S(=O)(=O)N2C[C@H](C(=O)Nc3cccc(C)c3C)Oc3cc(C)ccc32)cc1. The standard InChI is InChI=1S/C25H26N2O5S/c1-16-8-13-22-23(14-16)32-24(25(28)26-21-7-5-6-17(2)18(21)3)15-27(22)33(29,30)20-11-9-19(31-4)10-12-20/h5-14,24H,15H2,1-4H3,(H,26,28)/t24-/m1/s1. The van der Waals surface area contributed by atoms with Crippen LogP contribution in [0.3, 0.4) is 0 Å². The molecule has 0 fully saturated rings. The Kier molecular flexibility index (Phi) is 6.03. The molecule has 3 aromatic rings. The number of methoxy groups -OCH3 is 1. The highest BCUT2D eigenvalue weighted by atomic mass is 32.2. The predicted octanol–water partition coefficient (Wildman–Crippen LogP) is 4.22. The zero-order chi connectivity index (χ0) is 23.8. The number of hydrogen-bond acceptors (Lipinski definition) is 5. The fraction of sp³-hybridized carbons (Fsp3) is 0.240. The van der Waals surface area contributed by atoms with Crippen LogP contribution in [-0.2, 0) is 14.8 Å². The van der Waals surface area contributed by atoms with Crippen molar-refractivity contribution in [1.82, 2.24) is 0 Å². The van der Waals surface area contributed by atoms with E-state index in [0.29, 0.717) is 22.9 Å². The Morgan fingerprint density at radius 3 is 2.48 bits per heavy atom. The van der Waals surface area contributed by atoms with E-state index in [4.69, 9.17) is 9.47 Å². The summed E-state index contributed by atoms with van der Waals surface area (Å²) in [6.07, 6.45) is -1.02. The van der Waals surface area contributed by atoms with Crippen LogP contribution < -0.4 is 19.1 Å². The van der Waals surface area contributed by atoms with Gasteiger partial charge in [-0.3, -0.25) is 9.10 Å². The van der Waals surface area contributed by atoms with Crippen molar-refractivity contribution in [3.8, 4) is 11.5 Å². The van der Waals surface area contributed by atoms with E-state index in [9.17, 15) is 13.2 Å². The van der Waals surface area contributed by atoms with Gasteiger partial charge in [0.25, 0.3) is 15.9 Å². The Bertz CT molecular complexity index is 1300. The Hall–Kier alpha value is -3.52. The summed E-state index contributed by atoms with van der Waals surface area (Å²) in [6, 6.07) is 17.0. The van der Waals surface area contributed by atoms with Crippen LogP contribution in [0.1, 0.15) is 16.7 Å². The predicted molar refractivity (Wildman–Crippen MR) is 128 cm³/mol. The molecule has 1 amide bonds. The smallest absolute Gasteiger partial charge is 0.267 e. The molecule has 0 spiro atoms. The van der Waals surface area contributed by atoms with Crippen molar-refractivity contribution >= 4 is 27.3 Å². The molecular weight excluding hydrogens is 440 g/mol. The molecule has 3 aromatic carbocycles. The van der Waals surface area contributed by atoms with Crippen molar-refractivity contribution in [3.05, 3.63) is 77.4 Å². The highest BCUT2D eigenvalue weighted by Crippen LogP contribution is 2.38. The molecule has 4 rings (SSSR count). The van der Waals surface area contributed by atoms with Crippen LogP contribution in [0.25, 0.3) is 0 Å². The number of fused-ring (bicyclic) bond motifs is 1. The lowest BCUT2D eigenvalue weighted by Crippen LogP contribution is -2.48. The van der Waals surface area contributed by atoms with Gasteiger partial charge in [-0.2, -0.15) is 0 Å². The largest absolute Gasteiger partial charge is 0.497 e. The van der Waals surface area contributed by atoms with Gasteiger partial charge in [-0.25, -0.2) is 8.42 Å². The van der Waals surface area contributed by atoms with E-state index in [1.54, 1.807) is 24.3 Å². The second-order valence-corrected chi connectivity index (χ2v) is 9.89. The Morgan fingerprint density at radius 2 is 1.79 bits per heavy atom. The van der Waals surface area contributed by atoms with Crippen LogP contribution in [0.2, 0.25) is 0 Å². The number of amides is 1. The highest BCUT2D eigenvalue weighted by Gasteiger charge is 2.37. The summed E-state index contributed by atoms with van der Waals surface area (Å²) in [7, 11) is -2.43. The maximum atomic E-state index is 13.6. The number of sulfonamides is 1. The fourth-order valence-electron chi connectivity index (χ4n) is 3.70. The molecule has 0 aliphatic carbocycles. The summed E-state index contributed by atoms with van der Waals surface area (Å²) in [6.45, 7) is 5.61. The molecular formula is C25H26N2O5S. The number of benzene rings is 3. The minimum absolute atomic E-state index is 0.102. The summed E-state index contributed by atoms with van der Waals surface area (Å²) in [5, 5.41) is 2.89. The number of carbonyl (C=O) groups is 1. The van der Waals surface area contributed by atoms with Crippen molar-refractivity contribution < 1.29 is 22.7 Å². The van der Waals surface area contributed by atoms with Crippen LogP contribution in [0, 0.1) is 20.8 Å². The molecule has 0 bridgehead atoms. The van der Waals surface area contributed by atoms with Gasteiger partial charge in [0.1, 0.15) is 11.5 Å². The third-order valence-corrected chi connectivity index (χ3v) is 7.58. The molecule has 1 aliphatic heterocycles. The number of rotatable bonds is 5. The van der Waals surface area contributed by atoms with Gasteiger partial charge in [0, 0.05) is 5.69 Å². The maximum absolute atomic E-state index is 13.6. The topological polar surface area (TPSA) is 84.9 Å². The van der Waals surface area contributed by atoms with E-state index in [-0.39, 0.29) is 11.4 Å². The zero-order valence-electron chi connectivity index (χ0n) is 19.0. The second kappa shape index (κ2) is 8.78. The molecule has 1 atom stereocenters. The first-order chi connectivity index (χ1) is 15.7. The molecule has 0 saturated carbocycles. The second-order valence-electron chi connectivity index (χ2n) is 8.03. The van der Waals surface area contributed by atoms with Gasteiger partial charge in [-0.1, -0.05) is 18.2 Å². The number of anilines is 2. The molecule has 8 heteroatoms. The van der Waals surface area contributed by atoms with E-state index < -0.39 is 22.0 Å². The summed E-state index contributed by atoms with van der Waals surface area (Å²) >= 11 is 0. The number of carbonyl (C=O) groups excluding carboxylic acids is 1. The third-order valence-electron chi connectivity index (χ3n) is 5.79. The highest BCUT2D eigenvalue weighted by molar-refractivity contribution is 7.92. The van der Waals surface area contributed by atoms with Crippen molar-refractivity contribution in [3.63, 3.8) is 0 Å². The van der Waals surface area contributed by atoms with Crippen LogP contribution in [-0.4, -0.2) is 34.1 Å². The van der Waals surface area contributed by atoms with Crippen LogP contribution >= 0.6 is 0 Å². The van der Waals surface area contributed by atoms with E-state index in [1.807, 2.05) is 45.0 Å². The normalized spacial score (nSPS) is 15.4. The summed E-state index contributed by atoms with van der Waals surface area (Å²) < 4.78 is 39.5. The van der Waals surface area contributed by atoms with Gasteiger partial charge in [0.15, 0.2) is 6.10 Å². The van der Waals surface area contributed by atoms with Gasteiger partial charge >= 0.3 is 0 Å². The minimum Gasteiger partial charge on any atom is -0.497 e. The quantitative estimate of drug-likeness (QED) is 0.609. The Labute approximate surface area is 194 Å². The first-order valence-corrected chi connectivity index (χ1v) is 12.0. The maximum Gasteiger partial charge on any atom is 0.267 e.